The fourth-order valence-corrected chi connectivity index (χ4v) is 4.77. The Labute approximate surface area is 193 Å². The number of hydrogen-bond donors (Lipinski definition) is 1. The minimum absolute atomic E-state index is 0.365. The Morgan fingerprint density at radius 1 is 0.788 bits per heavy atom. The van der Waals surface area contributed by atoms with Crippen molar-refractivity contribution in [3.63, 3.8) is 0 Å². The largest absolute Gasteiger partial charge is 0.477 e. The van der Waals surface area contributed by atoms with Crippen LogP contribution in [0.3, 0.4) is 0 Å². The van der Waals surface area contributed by atoms with Gasteiger partial charge >= 0.3 is 5.97 Å². The first kappa shape index (κ1) is 21.0. The lowest BCUT2D eigenvalue weighted by Crippen LogP contribution is -2.20. The lowest BCUT2D eigenvalue weighted by molar-refractivity contribution is 0.0684. The second kappa shape index (κ2) is 8.93. The second-order valence-electron chi connectivity index (χ2n) is 8.53. The molecule has 1 heterocycles. The molecule has 0 fully saturated rings. The second-order valence-corrected chi connectivity index (χ2v) is 8.53. The summed E-state index contributed by atoms with van der Waals surface area (Å²) in [4.78, 5) is 14.7. The minimum atomic E-state index is -0.894. The summed E-state index contributed by atoms with van der Waals surface area (Å²) in [7, 11) is 2.04. The van der Waals surface area contributed by atoms with Crippen molar-refractivity contribution in [3.8, 4) is 0 Å². The number of rotatable bonds is 7. The SMILES string of the molecule is CN(Cc1ccccc1)Cc1c(C(=O)O)n(Cc2cccc3ccccc23)c2ccccc12. The summed E-state index contributed by atoms with van der Waals surface area (Å²) in [6.45, 7) is 1.81. The lowest BCUT2D eigenvalue weighted by atomic mass is 10.0. The van der Waals surface area contributed by atoms with E-state index in [4.69, 9.17) is 0 Å². The standard InChI is InChI=1S/C29H26N2O2/c1-30(18-21-10-3-2-4-11-21)20-26-25-16-7-8-17-27(25)31(28(26)29(32)33)19-23-14-9-13-22-12-5-6-15-24(22)23/h2-17H,18-20H2,1H3,(H,32,33). The number of fused-ring (bicyclic) bond motifs is 2. The molecule has 0 spiro atoms. The van der Waals surface area contributed by atoms with E-state index in [2.05, 4.69) is 41.3 Å². The minimum Gasteiger partial charge on any atom is -0.477 e. The first-order valence-electron chi connectivity index (χ1n) is 11.1. The van der Waals surface area contributed by atoms with Gasteiger partial charge in [-0.2, -0.15) is 0 Å². The van der Waals surface area contributed by atoms with Crippen LogP contribution in [0.25, 0.3) is 21.7 Å². The Bertz CT molecular complexity index is 1430. The fraction of sp³-hybridized carbons (Fsp3) is 0.138. The highest BCUT2D eigenvalue weighted by Gasteiger charge is 2.23. The number of aromatic nitrogens is 1. The molecule has 0 radical (unpaired) electrons. The molecule has 0 saturated carbocycles. The third kappa shape index (κ3) is 4.13. The number of hydrogen-bond acceptors (Lipinski definition) is 2. The molecule has 0 atom stereocenters. The van der Waals surface area contributed by atoms with Gasteiger partial charge in [0.25, 0.3) is 0 Å². The van der Waals surface area contributed by atoms with Crippen LogP contribution in [0.15, 0.2) is 97.1 Å². The summed E-state index contributed by atoms with van der Waals surface area (Å²) in [5, 5.41) is 13.6. The van der Waals surface area contributed by atoms with Crippen LogP contribution >= 0.6 is 0 Å². The van der Waals surface area contributed by atoms with Gasteiger partial charge in [0.05, 0.1) is 0 Å². The van der Waals surface area contributed by atoms with Gasteiger partial charge in [-0.3, -0.25) is 4.90 Å². The van der Waals surface area contributed by atoms with Gasteiger partial charge in [0.1, 0.15) is 5.69 Å². The zero-order valence-corrected chi connectivity index (χ0v) is 18.6. The van der Waals surface area contributed by atoms with E-state index in [-0.39, 0.29) is 0 Å². The molecule has 5 rings (SSSR count). The Kier molecular flexibility index (Phi) is 5.68. The summed E-state index contributed by atoms with van der Waals surface area (Å²) in [5.74, 6) is -0.894. The van der Waals surface area contributed by atoms with Crippen molar-refractivity contribution in [1.82, 2.24) is 9.47 Å². The van der Waals surface area contributed by atoms with Gasteiger partial charge in [0.2, 0.25) is 0 Å². The third-order valence-electron chi connectivity index (χ3n) is 6.21. The molecule has 0 unspecified atom stereocenters. The van der Waals surface area contributed by atoms with Crippen molar-refractivity contribution in [2.45, 2.75) is 19.6 Å². The van der Waals surface area contributed by atoms with Crippen molar-refractivity contribution < 1.29 is 9.90 Å². The molecule has 0 bridgehead atoms. The number of nitrogens with zero attached hydrogens (tertiary/aromatic N) is 2. The van der Waals surface area contributed by atoms with Gasteiger partial charge in [-0.1, -0.05) is 91.0 Å². The predicted octanol–water partition coefficient (Wildman–Crippen LogP) is 6.17. The summed E-state index contributed by atoms with van der Waals surface area (Å²) in [6, 6.07) is 32.7. The van der Waals surface area contributed by atoms with Crippen molar-refractivity contribution in [1.29, 1.82) is 0 Å². The van der Waals surface area contributed by atoms with Crippen LogP contribution in [0.1, 0.15) is 27.2 Å². The highest BCUT2D eigenvalue weighted by Crippen LogP contribution is 2.30. The topological polar surface area (TPSA) is 45.5 Å². The molecule has 0 aliphatic rings. The van der Waals surface area contributed by atoms with Crippen LogP contribution in [0.5, 0.6) is 0 Å². The molecule has 4 heteroatoms. The van der Waals surface area contributed by atoms with E-state index in [1.165, 1.54) is 5.56 Å². The predicted molar refractivity (Wildman–Crippen MR) is 134 cm³/mol. The van der Waals surface area contributed by atoms with Gasteiger partial charge in [-0.15, -0.1) is 0 Å². The molecular formula is C29H26N2O2. The Morgan fingerprint density at radius 2 is 1.45 bits per heavy atom. The van der Waals surface area contributed by atoms with E-state index in [1.54, 1.807) is 0 Å². The van der Waals surface area contributed by atoms with Crippen LogP contribution in [-0.4, -0.2) is 27.6 Å². The smallest absolute Gasteiger partial charge is 0.352 e. The molecule has 1 aromatic heterocycles. The zero-order valence-electron chi connectivity index (χ0n) is 18.6. The molecule has 0 aliphatic heterocycles. The van der Waals surface area contributed by atoms with Crippen molar-refractivity contribution >= 4 is 27.6 Å². The van der Waals surface area contributed by atoms with Crippen molar-refractivity contribution in [2.75, 3.05) is 7.05 Å². The van der Waals surface area contributed by atoms with Gasteiger partial charge in [0, 0.05) is 36.1 Å². The Morgan fingerprint density at radius 3 is 2.24 bits per heavy atom. The summed E-state index contributed by atoms with van der Waals surface area (Å²) in [6.07, 6.45) is 0. The first-order chi connectivity index (χ1) is 16.1. The number of carboxylic acids is 1. The lowest BCUT2D eigenvalue weighted by Gasteiger charge is -2.17. The highest BCUT2D eigenvalue weighted by atomic mass is 16.4. The van der Waals surface area contributed by atoms with Gasteiger partial charge in [0.15, 0.2) is 0 Å². The molecular weight excluding hydrogens is 408 g/mol. The number of aromatic carboxylic acids is 1. The summed E-state index contributed by atoms with van der Waals surface area (Å²) in [5.41, 5.74) is 4.49. The van der Waals surface area contributed by atoms with Gasteiger partial charge < -0.3 is 9.67 Å². The molecule has 0 aliphatic carbocycles. The average molecular weight is 435 g/mol. The average Bonchev–Trinajstić information content (AvgIpc) is 3.13. The number of para-hydroxylation sites is 1. The molecule has 0 amide bonds. The molecule has 5 aromatic rings. The van der Waals surface area contributed by atoms with Crippen LogP contribution in [-0.2, 0) is 19.6 Å². The normalized spacial score (nSPS) is 11.5. The third-order valence-corrected chi connectivity index (χ3v) is 6.21. The molecule has 0 saturated heterocycles. The maximum atomic E-state index is 12.6. The van der Waals surface area contributed by atoms with Crippen molar-refractivity contribution in [2.24, 2.45) is 0 Å². The van der Waals surface area contributed by atoms with Crippen molar-refractivity contribution in [3.05, 3.63) is 119 Å². The van der Waals surface area contributed by atoms with Gasteiger partial charge in [-0.05, 0) is 35.0 Å². The van der Waals surface area contributed by atoms with Crippen LogP contribution in [0.2, 0.25) is 0 Å². The maximum absolute atomic E-state index is 12.6. The first-order valence-corrected chi connectivity index (χ1v) is 11.1. The zero-order chi connectivity index (χ0) is 22.8. The monoisotopic (exact) mass is 434 g/mol. The van der Waals surface area contributed by atoms with E-state index in [0.29, 0.717) is 18.8 Å². The molecule has 33 heavy (non-hydrogen) atoms. The highest BCUT2D eigenvalue weighted by molar-refractivity contribution is 5.98. The fourth-order valence-electron chi connectivity index (χ4n) is 4.77. The number of carbonyl (C=O) groups is 1. The van der Waals surface area contributed by atoms with E-state index in [1.807, 2.05) is 72.3 Å². The summed E-state index contributed by atoms with van der Waals surface area (Å²) >= 11 is 0. The Hall–Kier alpha value is -3.89. The Balaban J connectivity index is 1.59. The van der Waals surface area contributed by atoms with Gasteiger partial charge in [-0.25, -0.2) is 4.79 Å². The molecule has 4 nitrogen and oxygen atoms in total. The van der Waals surface area contributed by atoms with E-state index >= 15 is 0 Å². The van der Waals surface area contributed by atoms with E-state index < -0.39 is 5.97 Å². The quantitative estimate of drug-likeness (QED) is 0.333. The molecule has 4 aromatic carbocycles. The number of carboxylic acid groups (broad SMARTS) is 1. The van der Waals surface area contributed by atoms with Crippen LogP contribution in [0, 0.1) is 0 Å². The number of benzene rings is 4. The maximum Gasteiger partial charge on any atom is 0.352 e. The molecule has 164 valence electrons. The van der Waals surface area contributed by atoms with E-state index in [9.17, 15) is 9.90 Å². The van der Waals surface area contributed by atoms with E-state index in [0.717, 1.165) is 39.3 Å². The van der Waals surface area contributed by atoms with Crippen LogP contribution in [0.4, 0.5) is 0 Å². The summed E-state index contributed by atoms with van der Waals surface area (Å²) < 4.78 is 1.96. The molecule has 1 N–H and O–H groups in total. The van der Waals surface area contributed by atoms with Crippen LogP contribution < -0.4 is 0 Å².